The topological polar surface area (TPSA) is 0 Å². The maximum absolute atomic E-state index is 2.30. The maximum atomic E-state index is 2.30. The molecule has 4 aromatic carbocycles. The molecule has 0 nitrogen and oxygen atoms in total. The average Bonchev–Trinajstić information content (AvgIpc) is 2.60. The highest BCUT2D eigenvalue weighted by Crippen LogP contribution is 2.32. The minimum Gasteiger partial charge on any atom is -0.0616 e. The summed E-state index contributed by atoms with van der Waals surface area (Å²) in [5.74, 6) is 0. The van der Waals surface area contributed by atoms with Crippen molar-refractivity contribution in [3.63, 3.8) is 0 Å². The smallest absolute Gasteiger partial charge is 0.0145 e. The van der Waals surface area contributed by atoms with Crippen molar-refractivity contribution in [2.75, 3.05) is 0 Å². The Morgan fingerprint density at radius 3 is 2.14 bits per heavy atom. The molecule has 22 heavy (non-hydrogen) atoms. The third kappa shape index (κ3) is 2.08. The first kappa shape index (κ1) is 13.1. The molecule has 0 aliphatic heterocycles. The van der Waals surface area contributed by atoms with E-state index in [9.17, 15) is 0 Å². The first-order chi connectivity index (χ1) is 10.9. The second-order valence-corrected chi connectivity index (χ2v) is 5.73. The molecule has 0 atom stereocenters. The zero-order valence-corrected chi connectivity index (χ0v) is 12.7. The van der Waals surface area contributed by atoms with Crippen molar-refractivity contribution < 1.29 is 0 Å². The fourth-order valence-electron chi connectivity index (χ4n) is 3.34. The number of benzene rings is 4. The summed E-state index contributed by atoms with van der Waals surface area (Å²) in [6.45, 7) is 2.24. The van der Waals surface area contributed by atoms with Gasteiger partial charge in [0.05, 0.1) is 0 Å². The lowest BCUT2D eigenvalue weighted by atomic mass is 9.92. The standard InChI is InChI=1S/C22H18/c1-2-20-21-10-6-5-8-17(21)13-14-22(20)19-12-11-16-7-3-4-9-18(16)15-19/h3-15H,2H2,1H3. The van der Waals surface area contributed by atoms with Crippen molar-refractivity contribution in [2.45, 2.75) is 13.3 Å². The van der Waals surface area contributed by atoms with Crippen molar-refractivity contribution in [1.29, 1.82) is 0 Å². The molecule has 0 heterocycles. The normalized spacial score (nSPS) is 11.1. The summed E-state index contributed by atoms with van der Waals surface area (Å²) < 4.78 is 0. The van der Waals surface area contributed by atoms with Gasteiger partial charge in [-0.2, -0.15) is 0 Å². The summed E-state index contributed by atoms with van der Waals surface area (Å²) in [4.78, 5) is 0. The van der Waals surface area contributed by atoms with Crippen LogP contribution in [0.25, 0.3) is 32.7 Å². The molecule has 0 amide bonds. The summed E-state index contributed by atoms with van der Waals surface area (Å²) in [6, 6.07) is 28.5. The van der Waals surface area contributed by atoms with E-state index in [-0.39, 0.29) is 0 Å². The summed E-state index contributed by atoms with van der Waals surface area (Å²) >= 11 is 0. The van der Waals surface area contributed by atoms with Gasteiger partial charge < -0.3 is 0 Å². The molecule has 0 saturated heterocycles. The third-order valence-electron chi connectivity index (χ3n) is 4.45. The fraction of sp³-hybridized carbons (Fsp3) is 0.0909. The average molecular weight is 282 g/mol. The Kier molecular flexibility index (Phi) is 3.16. The van der Waals surface area contributed by atoms with Crippen LogP contribution in [0.2, 0.25) is 0 Å². The van der Waals surface area contributed by atoms with Gasteiger partial charge in [-0.05, 0) is 50.7 Å². The van der Waals surface area contributed by atoms with Crippen molar-refractivity contribution >= 4 is 21.5 Å². The lowest BCUT2D eigenvalue weighted by Crippen LogP contribution is -1.90. The van der Waals surface area contributed by atoms with E-state index in [1.54, 1.807) is 0 Å². The number of aryl methyl sites for hydroxylation is 1. The SMILES string of the molecule is CCc1c(-c2ccc3ccccc3c2)ccc2ccccc12. The van der Waals surface area contributed by atoms with Crippen LogP contribution in [0.5, 0.6) is 0 Å². The molecular weight excluding hydrogens is 264 g/mol. The fourth-order valence-corrected chi connectivity index (χ4v) is 3.34. The predicted molar refractivity (Wildman–Crippen MR) is 96.3 cm³/mol. The molecular formula is C22H18. The molecule has 0 heteroatoms. The van der Waals surface area contributed by atoms with Gasteiger partial charge >= 0.3 is 0 Å². The van der Waals surface area contributed by atoms with Crippen LogP contribution in [0.3, 0.4) is 0 Å². The molecule has 0 bridgehead atoms. The van der Waals surface area contributed by atoms with Crippen molar-refractivity contribution in [3.05, 3.63) is 84.4 Å². The Bertz CT molecular complexity index is 964. The summed E-state index contributed by atoms with van der Waals surface area (Å²) in [7, 11) is 0. The Hall–Kier alpha value is -2.60. The molecule has 4 rings (SSSR count). The molecule has 0 spiro atoms. The van der Waals surface area contributed by atoms with E-state index in [4.69, 9.17) is 0 Å². The summed E-state index contributed by atoms with van der Waals surface area (Å²) in [5.41, 5.74) is 4.10. The third-order valence-corrected chi connectivity index (χ3v) is 4.45. The summed E-state index contributed by atoms with van der Waals surface area (Å²) in [6.07, 6.45) is 1.05. The van der Waals surface area contributed by atoms with Crippen LogP contribution < -0.4 is 0 Å². The first-order valence-corrected chi connectivity index (χ1v) is 7.86. The largest absolute Gasteiger partial charge is 0.0616 e. The number of fused-ring (bicyclic) bond motifs is 2. The molecule has 0 fully saturated rings. The Morgan fingerprint density at radius 1 is 0.636 bits per heavy atom. The highest BCUT2D eigenvalue weighted by molar-refractivity contribution is 5.94. The Balaban J connectivity index is 1.99. The molecule has 0 aliphatic rings. The van der Waals surface area contributed by atoms with Gasteiger partial charge in [0.1, 0.15) is 0 Å². The van der Waals surface area contributed by atoms with E-state index >= 15 is 0 Å². The van der Waals surface area contributed by atoms with Gasteiger partial charge in [-0.1, -0.05) is 79.7 Å². The number of hydrogen-bond acceptors (Lipinski definition) is 0. The zero-order valence-electron chi connectivity index (χ0n) is 12.7. The molecule has 4 aromatic rings. The van der Waals surface area contributed by atoms with E-state index in [2.05, 4.69) is 85.8 Å². The van der Waals surface area contributed by atoms with Gasteiger partial charge in [0.2, 0.25) is 0 Å². The first-order valence-electron chi connectivity index (χ1n) is 7.86. The van der Waals surface area contributed by atoms with E-state index in [0.717, 1.165) is 6.42 Å². The quantitative estimate of drug-likeness (QED) is 0.409. The highest BCUT2D eigenvalue weighted by Gasteiger charge is 2.08. The van der Waals surface area contributed by atoms with Crippen LogP contribution in [0.1, 0.15) is 12.5 Å². The number of rotatable bonds is 2. The molecule has 0 saturated carbocycles. The zero-order chi connectivity index (χ0) is 14.9. The lowest BCUT2D eigenvalue weighted by Gasteiger charge is -2.13. The molecule has 0 radical (unpaired) electrons. The second-order valence-electron chi connectivity index (χ2n) is 5.73. The predicted octanol–water partition coefficient (Wildman–Crippen LogP) is 6.22. The van der Waals surface area contributed by atoms with Crippen molar-refractivity contribution in [2.24, 2.45) is 0 Å². The maximum Gasteiger partial charge on any atom is -0.0145 e. The molecule has 0 N–H and O–H groups in total. The monoisotopic (exact) mass is 282 g/mol. The van der Waals surface area contributed by atoms with Crippen LogP contribution in [0.4, 0.5) is 0 Å². The van der Waals surface area contributed by atoms with Crippen LogP contribution in [-0.4, -0.2) is 0 Å². The van der Waals surface area contributed by atoms with Crippen LogP contribution in [0.15, 0.2) is 78.9 Å². The molecule has 106 valence electrons. The highest BCUT2D eigenvalue weighted by atomic mass is 14.1. The minimum absolute atomic E-state index is 1.05. The van der Waals surface area contributed by atoms with Gasteiger partial charge in [-0.25, -0.2) is 0 Å². The van der Waals surface area contributed by atoms with Crippen LogP contribution >= 0.6 is 0 Å². The van der Waals surface area contributed by atoms with Crippen LogP contribution in [-0.2, 0) is 6.42 Å². The minimum atomic E-state index is 1.05. The number of hydrogen-bond donors (Lipinski definition) is 0. The lowest BCUT2D eigenvalue weighted by molar-refractivity contribution is 1.16. The van der Waals surface area contributed by atoms with Crippen molar-refractivity contribution in [1.82, 2.24) is 0 Å². The molecule has 0 unspecified atom stereocenters. The van der Waals surface area contributed by atoms with Crippen LogP contribution in [0, 0.1) is 0 Å². The molecule has 0 aromatic heterocycles. The van der Waals surface area contributed by atoms with Gasteiger partial charge in [-0.3, -0.25) is 0 Å². The van der Waals surface area contributed by atoms with Gasteiger partial charge in [0.25, 0.3) is 0 Å². The van der Waals surface area contributed by atoms with Crippen molar-refractivity contribution in [3.8, 4) is 11.1 Å². The molecule has 0 aliphatic carbocycles. The summed E-state index contributed by atoms with van der Waals surface area (Å²) in [5, 5.41) is 5.29. The Morgan fingerprint density at radius 2 is 1.32 bits per heavy atom. The Labute approximate surface area is 131 Å². The second kappa shape index (κ2) is 5.31. The van der Waals surface area contributed by atoms with Gasteiger partial charge in [0.15, 0.2) is 0 Å². The van der Waals surface area contributed by atoms with E-state index < -0.39 is 0 Å². The van der Waals surface area contributed by atoms with E-state index in [1.165, 1.54) is 38.2 Å². The van der Waals surface area contributed by atoms with E-state index in [0.29, 0.717) is 0 Å². The van der Waals surface area contributed by atoms with Gasteiger partial charge in [0, 0.05) is 0 Å². The van der Waals surface area contributed by atoms with Gasteiger partial charge in [-0.15, -0.1) is 0 Å². The van der Waals surface area contributed by atoms with E-state index in [1.807, 2.05) is 0 Å².